The maximum Gasteiger partial charge on any atom is 0.120 e. The molecule has 0 bridgehead atoms. The number of aryl methyl sites for hydroxylation is 1. The van der Waals surface area contributed by atoms with Gasteiger partial charge in [-0.2, -0.15) is 0 Å². The van der Waals surface area contributed by atoms with Crippen LogP contribution in [0, 0.1) is 0 Å². The standard InChI is InChI=1S/C22H29BrS3/c1-2-3-4-5-6-7-8-9-11-18-16-21(25-17-18)22(23)19(13-15-26-22)20-12-10-14-24-20/h10,12-17,19H,2-9,11H2,1H3. The zero-order valence-electron chi connectivity index (χ0n) is 15.6. The van der Waals surface area contributed by atoms with Crippen LogP contribution in [0.5, 0.6) is 0 Å². The van der Waals surface area contributed by atoms with E-state index in [4.69, 9.17) is 0 Å². The van der Waals surface area contributed by atoms with E-state index in [0.29, 0.717) is 5.92 Å². The zero-order valence-corrected chi connectivity index (χ0v) is 19.6. The van der Waals surface area contributed by atoms with Crippen molar-refractivity contribution < 1.29 is 0 Å². The number of allylic oxidation sites excluding steroid dienone is 1. The molecule has 1 aliphatic heterocycles. The fourth-order valence-electron chi connectivity index (χ4n) is 3.52. The molecule has 0 saturated heterocycles. The van der Waals surface area contributed by atoms with E-state index in [9.17, 15) is 0 Å². The van der Waals surface area contributed by atoms with Crippen molar-refractivity contribution in [1.29, 1.82) is 0 Å². The lowest BCUT2D eigenvalue weighted by Crippen LogP contribution is -2.16. The average Bonchev–Trinajstić information content (AvgIpc) is 3.37. The van der Waals surface area contributed by atoms with Gasteiger partial charge in [0, 0.05) is 15.7 Å². The lowest BCUT2D eigenvalue weighted by Gasteiger charge is -2.26. The molecule has 2 aromatic heterocycles. The third-order valence-corrected chi connectivity index (χ3v) is 10.1. The molecule has 4 heteroatoms. The lowest BCUT2D eigenvalue weighted by atomic mass is 10.0. The Morgan fingerprint density at radius 1 is 1.04 bits per heavy atom. The Kier molecular flexibility index (Phi) is 8.36. The number of rotatable bonds is 11. The van der Waals surface area contributed by atoms with Gasteiger partial charge in [-0.1, -0.05) is 79.9 Å². The van der Waals surface area contributed by atoms with Crippen LogP contribution in [0.4, 0.5) is 0 Å². The van der Waals surface area contributed by atoms with E-state index in [1.807, 2.05) is 34.4 Å². The third kappa shape index (κ3) is 5.27. The summed E-state index contributed by atoms with van der Waals surface area (Å²) < 4.78 is -0.0138. The minimum atomic E-state index is -0.0138. The molecular formula is C22H29BrS3. The van der Waals surface area contributed by atoms with Crippen LogP contribution in [0.1, 0.15) is 79.5 Å². The molecule has 2 atom stereocenters. The van der Waals surface area contributed by atoms with E-state index in [1.165, 1.54) is 73.1 Å². The Balaban J connectivity index is 1.47. The second-order valence-electron chi connectivity index (χ2n) is 7.13. The van der Waals surface area contributed by atoms with Crippen molar-refractivity contribution >= 4 is 50.4 Å². The van der Waals surface area contributed by atoms with Crippen LogP contribution >= 0.6 is 50.4 Å². The summed E-state index contributed by atoms with van der Waals surface area (Å²) >= 11 is 9.79. The van der Waals surface area contributed by atoms with Gasteiger partial charge in [-0.25, -0.2) is 0 Å². The van der Waals surface area contributed by atoms with Crippen LogP contribution in [0.25, 0.3) is 0 Å². The van der Waals surface area contributed by atoms with E-state index in [0.717, 1.165) is 0 Å². The van der Waals surface area contributed by atoms with Crippen LogP contribution in [0.2, 0.25) is 0 Å². The number of hydrogen-bond donors (Lipinski definition) is 0. The summed E-state index contributed by atoms with van der Waals surface area (Å²) in [5.74, 6) is 0.433. The maximum absolute atomic E-state index is 4.10. The Labute approximate surface area is 179 Å². The smallest absolute Gasteiger partial charge is 0.120 e. The van der Waals surface area contributed by atoms with Gasteiger partial charge in [0.15, 0.2) is 0 Å². The molecule has 0 N–H and O–H groups in total. The summed E-state index contributed by atoms with van der Waals surface area (Å²) in [5, 5.41) is 6.82. The second kappa shape index (κ2) is 10.5. The van der Waals surface area contributed by atoms with E-state index in [-0.39, 0.29) is 3.66 Å². The van der Waals surface area contributed by atoms with Crippen molar-refractivity contribution in [2.45, 2.75) is 74.3 Å². The van der Waals surface area contributed by atoms with Gasteiger partial charge < -0.3 is 0 Å². The summed E-state index contributed by atoms with van der Waals surface area (Å²) in [5.41, 5.74) is 1.52. The van der Waals surface area contributed by atoms with Crippen LogP contribution in [-0.4, -0.2) is 0 Å². The van der Waals surface area contributed by atoms with Crippen molar-refractivity contribution in [1.82, 2.24) is 0 Å². The molecule has 1 aliphatic rings. The Morgan fingerprint density at radius 3 is 2.54 bits per heavy atom. The van der Waals surface area contributed by atoms with Gasteiger partial charge in [0.1, 0.15) is 3.66 Å². The van der Waals surface area contributed by atoms with Gasteiger partial charge in [-0.05, 0) is 46.7 Å². The maximum atomic E-state index is 4.10. The van der Waals surface area contributed by atoms with E-state index in [2.05, 4.69) is 63.3 Å². The first kappa shape index (κ1) is 20.7. The third-order valence-electron chi connectivity index (χ3n) is 5.07. The largest absolute Gasteiger partial charge is 0.148 e. The van der Waals surface area contributed by atoms with Gasteiger partial charge >= 0.3 is 0 Å². The summed E-state index contributed by atoms with van der Waals surface area (Å²) in [7, 11) is 0. The second-order valence-corrected chi connectivity index (χ2v) is 11.9. The molecule has 0 aliphatic carbocycles. The topological polar surface area (TPSA) is 0 Å². The molecular weight excluding hydrogens is 440 g/mol. The highest BCUT2D eigenvalue weighted by Gasteiger charge is 2.42. The van der Waals surface area contributed by atoms with E-state index in [1.54, 1.807) is 0 Å². The SMILES string of the molecule is CCCCCCCCCCc1csc(C2(Br)SC=CC2c2cccs2)c1. The van der Waals surface area contributed by atoms with Crippen LogP contribution < -0.4 is 0 Å². The number of unbranched alkanes of at least 4 members (excludes halogenated alkanes) is 7. The minimum absolute atomic E-state index is 0.0138. The molecule has 0 nitrogen and oxygen atoms in total. The van der Waals surface area contributed by atoms with Crippen molar-refractivity contribution in [3.63, 3.8) is 0 Å². The van der Waals surface area contributed by atoms with Crippen LogP contribution in [-0.2, 0) is 10.1 Å². The van der Waals surface area contributed by atoms with Crippen molar-refractivity contribution in [2.24, 2.45) is 0 Å². The predicted molar refractivity (Wildman–Crippen MR) is 125 cm³/mol. The first-order chi connectivity index (χ1) is 12.7. The zero-order chi connectivity index (χ0) is 18.2. The molecule has 3 rings (SSSR count). The summed E-state index contributed by atoms with van der Waals surface area (Å²) in [6.07, 6.45) is 14.7. The predicted octanol–water partition coefficient (Wildman–Crippen LogP) is 9.08. The fourth-order valence-corrected chi connectivity index (χ4v) is 7.96. The minimum Gasteiger partial charge on any atom is -0.148 e. The molecule has 2 unspecified atom stereocenters. The molecule has 0 spiro atoms. The molecule has 2 aromatic rings. The summed E-state index contributed by atoms with van der Waals surface area (Å²) in [6, 6.07) is 6.87. The van der Waals surface area contributed by atoms with E-state index >= 15 is 0 Å². The first-order valence-corrected chi connectivity index (χ1v) is 13.3. The number of thioether (sulfide) groups is 1. The van der Waals surface area contributed by atoms with Gasteiger partial charge in [-0.3, -0.25) is 0 Å². The summed E-state index contributed by atoms with van der Waals surface area (Å²) in [4.78, 5) is 2.90. The molecule has 0 saturated carbocycles. The highest BCUT2D eigenvalue weighted by atomic mass is 79.9. The number of alkyl halides is 1. The van der Waals surface area contributed by atoms with E-state index < -0.39 is 0 Å². The van der Waals surface area contributed by atoms with Crippen molar-refractivity contribution in [2.75, 3.05) is 0 Å². The highest BCUT2D eigenvalue weighted by molar-refractivity contribution is 9.11. The molecule has 142 valence electrons. The molecule has 0 aromatic carbocycles. The van der Waals surface area contributed by atoms with Crippen molar-refractivity contribution in [3.8, 4) is 0 Å². The van der Waals surface area contributed by atoms with Crippen LogP contribution in [0.15, 0.2) is 40.4 Å². The molecule has 0 fully saturated rings. The van der Waals surface area contributed by atoms with Gasteiger partial charge in [0.05, 0.1) is 0 Å². The Bertz CT molecular complexity index is 673. The van der Waals surface area contributed by atoms with Crippen LogP contribution in [0.3, 0.4) is 0 Å². The fraction of sp³-hybridized carbons (Fsp3) is 0.545. The normalized spacial score (nSPS) is 22.3. The first-order valence-electron chi connectivity index (χ1n) is 9.88. The lowest BCUT2D eigenvalue weighted by molar-refractivity contribution is 0.575. The van der Waals surface area contributed by atoms with Gasteiger partial charge in [0.25, 0.3) is 0 Å². The molecule has 0 radical (unpaired) electrons. The quantitative estimate of drug-likeness (QED) is 0.234. The highest BCUT2D eigenvalue weighted by Crippen LogP contribution is 2.60. The van der Waals surface area contributed by atoms with Gasteiger partial charge in [0.2, 0.25) is 0 Å². The Morgan fingerprint density at radius 2 is 1.81 bits per heavy atom. The number of hydrogen-bond acceptors (Lipinski definition) is 3. The Hall–Kier alpha value is -0.0300. The summed E-state index contributed by atoms with van der Waals surface area (Å²) in [6.45, 7) is 2.29. The number of thiophene rings is 2. The molecule has 26 heavy (non-hydrogen) atoms. The number of halogens is 1. The van der Waals surface area contributed by atoms with Gasteiger partial charge in [-0.15, -0.1) is 34.4 Å². The molecule has 3 heterocycles. The van der Waals surface area contributed by atoms with Crippen molar-refractivity contribution in [3.05, 3.63) is 55.8 Å². The molecule has 0 amide bonds. The average molecular weight is 470 g/mol. The monoisotopic (exact) mass is 468 g/mol.